The monoisotopic (exact) mass is 209 g/mol. The molecule has 0 atom stereocenters. The van der Waals surface area contributed by atoms with Gasteiger partial charge in [-0.1, -0.05) is 12.1 Å². The highest BCUT2D eigenvalue weighted by Gasteiger charge is 2.20. The highest BCUT2D eigenvalue weighted by Crippen LogP contribution is 2.23. The Balaban J connectivity index is 2.04. The van der Waals surface area contributed by atoms with Gasteiger partial charge in [-0.2, -0.15) is 0 Å². The molecule has 0 saturated carbocycles. The van der Waals surface area contributed by atoms with Crippen LogP contribution in [0.15, 0.2) is 24.3 Å². The normalized spacial score (nSPS) is 18.1. The molecule has 1 saturated heterocycles. The Morgan fingerprint density at radius 2 is 1.93 bits per heavy atom. The van der Waals surface area contributed by atoms with Crippen LogP contribution in [0, 0.1) is 5.82 Å². The maximum Gasteiger partial charge on any atom is 0.146 e. The average Bonchev–Trinajstić information content (AvgIpc) is 2.30. The number of hydrogen-bond acceptors (Lipinski definition) is 2. The summed E-state index contributed by atoms with van der Waals surface area (Å²) in [5.41, 5.74) is 0.715. The first-order valence-corrected chi connectivity index (χ1v) is 5.33. The van der Waals surface area contributed by atoms with Gasteiger partial charge in [0.2, 0.25) is 0 Å². The maximum atomic E-state index is 13.5. The van der Waals surface area contributed by atoms with Crippen LogP contribution >= 0.6 is 0 Å². The molecule has 0 unspecified atom stereocenters. The Bertz CT molecular complexity index is 321. The van der Waals surface area contributed by atoms with Crippen LogP contribution in [-0.4, -0.2) is 26.3 Å². The molecule has 1 aromatic rings. The molecule has 2 rings (SSSR count). The molecular weight excluding hydrogens is 193 g/mol. The number of halogens is 1. The summed E-state index contributed by atoms with van der Waals surface area (Å²) in [6.07, 6.45) is 2.29. The molecule has 0 bridgehead atoms. The third kappa shape index (κ3) is 2.29. The lowest BCUT2D eigenvalue weighted by atomic mass is 10.1. The summed E-state index contributed by atoms with van der Waals surface area (Å²) in [5, 5.41) is 0. The van der Waals surface area contributed by atoms with E-state index in [1.807, 2.05) is 12.1 Å². The maximum absolute atomic E-state index is 13.5. The van der Waals surface area contributed by atoms with E-state index in [0.717, 1.165) is 25.9 Å². The summed E-state index contributed by atoms with van der Waals surface area (Å²) in [7, 11) is 1.74. The van der Waals surface area contributed by atoms with Crippen molar-refractivity contribution in [2.75, 3.05) is 25.1 Å². The van der Waals surface area contributed by atoms with Gasteiger partial charge in [0.15, 0.2) is 0 Å². The molecule has 0 radical (unpaired) electrons. The number of ether oxygens (including phenoxy) is 1. The van der Waals surface area contributed by atoms with Crippen molar-refractivity contribution < 1.29 is 9.13 Å². The Morgan fingerprint density at radius 1 is 1.27 bits per heavy atom. The van der Waals surface area contributed by atoms with Crippen LogP contribution < -0.4 is 4.90 Å². The number of para-hydroxylation sites is 1. The van der Waals surface area contributed by atoms with E-state index in [-0.39, 0.29) is 5.82 Å². The Hall–Kier alpha value is -1.09. The van der Waals surface area contributed by atoms with Gasteiger partial charge in [-0.05, 0) is 25.0 Å². The third-order valence-corrected chi connectivity index (χ3v) is 2.97. The van der Waals surface area contributed by atoms with Crippen LogP contribution in [0.1, 0.15) is 12.8 Å². The van der Waals surface area contributed by atoms with Gasteiger partial charge in [-0.25, -0.2) is 4.39 Å². The highest BCUT2D eigenvalue weighted by atomic mass is 19.1. The average molecular weight is 209 g/mol. The molecule has 0 aromatic heterocycles. The van der Waals surface area contributed by atoms with Gasteiger partial charge in [0, 0.05) is 20.2 Å². The van der Waals surface area contributed by atoms with Crippen LogP contribution in [0.25, 0.3) is 0 Å². The van der Waals surface area contributed by atoms with Crippen LogP contribution in [0.2, 0.25) is 0 Å². The third-order valence-electron chi connectivity index (χ3n) is 2.97. The van der Waals surface area contributed by atoms with Crippen molar-refractivity contribution in [1.82, 2.24) is 0 Å². The second-order valence-electron chi connectivity index (χ2n) is 3.87. The van der Waals surface area contributed by atoms with Crippen molar-refractivity contribution >= 4 is 5.69 Å². The van der Waals surface area contributed by atoms with E-state index >= 15 is 0 Å². The summed E-state index contributed by atoms with van der Waals surface area (Å²) in [6, 6.07) is 6.95. The molecule has 0 amide bonds. The van der Waals surface area contributed by atoms with Crippen LogP contribution in [-0.2, 0) is 4.74 Å². The summed E-state index contributed by atoms with van der Waals surface area (Å²) in [5.74, 6) is -0.131. The first-order valence-electron chi connectivity index (χ1n) is 5.33. The van der Waals surface area contributed by atoms with E-state index in [9.17, 15) is 4.39 Å². The molecule has 1 aliphatic heterocycles. The smallest absolute Gasteiger partial charge is 0.146 e. The zero-order valence-electron chi connectivity index (χ0n) is 8.95. The van der Waals surface area contributed by atoms with Gasteiger partial charge in [-0.3, -0.25) is 0 Å². The Labute approximate surface area is 89.7 Å². The number of methoxy groups -OCH3 is 1. The molecule has 1 aromatic carbocycles. The number of rotatable bonds is 2. The minimum atomic E-state index is -0.131. The number of piperidine rings is 1. The summed E-state index contributed by atoms with van der Waals surface area (Å²) < 4.78 is 18.8. The number of anilines is 1. The van der Waals surface area contributed by atoms with Gasteiger partial charge < -0.3 is 9.64 Å². The molecular formula is C12H16FNO. The molecule has 2 nitrogen and oxygen atoms in total. The van der Waals surface area contributed by atoms with Gasteiger partial charge in [0.25, 0.3) is 0 Å². The highest BCUT2D eigenvalue weighted by molar-refractivity contribution is 5.47. The van der Waals surface area contributed by atoms with E-state index in [1.165, 1.54) is 6.07 Å². The Kier molecular flexibility index (Phi) is 3.21. The minimum Gasteiger partial charge on any atom is -0.381 e. The zero-order valence-corrected chi connectivity index (χ0v) is 8.95. The fourth-order valence-corrected chi connectivity index (χ4v) is 2.04. The van der Waals surface area contributed by atoms with E-state index in [2.05, 4.69) is 4.90 Å². The molecule has 0 spiro atoms. The largest absolute Gasteiger partial charge is 0.381 e. The minimum absolute atomic E-state index is 0.131. The van der Waals surface area contributed by atoms with Gasteiger partial charge in [0.05, 0.1) is 11.8 Å². The molecule has 1 heterocycles. The lowest BCUT2D eigenvalue weighted by Gasteiger charge is -2.33. The molecule has 82 valence electrons. The summed E-state index contributed by atoms with van der Waals surface area (Å²) in [4.78, 5) is 2.09. The van der Waals surface area contributed by atoms with E-state index in [0.29, 0.717) is 11.8 Å². The summed E-state index contributed by atoms with van der Waals surface area (Å²) >= 11 is 0. The first-order chi connectivity index (χ1) is 7.31. The molecule has 0 N–H and O–H groups in total. The molecule has 15 heavy (non-hydrogen) atoms. The van der Waals surface area contributed by atoms with Crippen LogP contribution in [0.4, 0.5) is 10.1 Å². The van der Waals surface area contributed by atoms with E-state index in [4.69, 9.17) is 4.74 Å². The van der Waals surface area contributed by atoms with Gasteiger partial charge in [-0.15, -0.1) is 0 Å². The van der Waals surface area contributed by atoms with Crippen molar-refractivity contribution in [2.24, 2.45) is 0 Å². The van der Waals surface area contributed by atoms with Crippen molar-refractivity contribution in [3.8, 4) is 0 Å². The first kappa shape index (κ1) is 10.4. The van der Waals surface area contributed by atoms with E-state index < -0.39 is 0 Å². The molecule has 0 aliphatic carbocycles. The second kappa shape index (κ2) is 4.62. The predicted octanol–water partition coefficient (Wildman–Crippen LogP) is 2.44. The lowest BCUT2D eigenvalue weighted by Crippen LogP contribution is -2.37. The fraction of sp³-hybridized carbons (Fsp3) is 0.500. The Morgan fingerprint density at radius 3 is 2.53 bits per heavy atom. The SMILES string of the molecule is COC1CCN(c2ccccc2F)CC1. The molecule has 3 heteroatoms. The van der Waals surface area contributed by atoms with Crippen LogP contribution in [0.5, 0.6) is 0 Å². The van der Waals surface area contributed by atoms with Crippen molar-refractivity contribution in [1.29, 1.82) is 0 Å². The number of hydrogen-bond donors (Lipinski definition) is 0. The molecule has 1 aliphatic rings. The predicted molar refractivity (Wildman–Crippen MR) is 58.6 cm³/mol. The number of nitrogens with zero attached hydrogens (tertiary/aromatic N) is 1. The topological polar surface area (TPSA) is 12.5 Å². The zero-order chi connectivity index (χ0) is 10.7. The quantitative estimate of drug-likeness (QED) is 0.741. The van der Waals surface area contributed by atoms with Crippen molar-refractivity contribution in [2.45, 2.75) is 18.9 Å². The fourth-order valence-electron chi connectivity index (χ4n) is 2.04. The lowest BCUT2D eigenvalue weighted by molar-refractivity contribution is 0.0818. The second-order valence-corrected chi connectivity index (χ2v) is 3.87. The molecule has 1 fully saturated rings. The standard InChI is InChI=1S/C12H16FNO/c1-15-10-6-8-14(9-7-10)12-5-3-2-4-11(12)13/h2-5,10H,6-9H2,1H3. The van der Waals surface area contributed by atoms with Crippen molar-refractivity contribution in [3.63, 3.8) is 0 Å². The summed E-state index contributed by atoms with van der Waals surface area (Å²) in [6.45, 7) is 1.75. The van der Waals surface area contributed by atoms with E-state index in [1.54, 1.807) is 13.2 Å². The van der Waals surface area contributed by atoms with Gasteiger partial charge in [0.1, 0.15) is 5.82 Å². The van der Waals surface area contributed by atoms with Crippen molar-refractivity contribution in [3.05, 3.63) is 30.1 Å². The van der Waals surface area contributed by atoms with Gasteiger partial charge >= 0.3 is 0 Å². The van der Waals surface area contributed by atoms with Crippen LogP contribution in [0.3, 0.4) is 0 Å². The number of benzene rings is 1.